The van der Waals surface area contributed by atoms with Crippen molar-refractivity contribution in [3.63, 3.8) is 0 Å². The molecule has 1 unspecified atom stereocenters. The Bertz CT molecular complexity index is 416. The molecule has 1 aromatic carbocycles. The van der Waals surface area contributed by atoms with Crippen molar-refractivity contribution in [3.05, 3.63) is 29.8 Å². The number of nitrogens with one attached hydrogen (secondary N) is 2. The molecule has 2 N–H and O–H groups in total. The van der Waals surface area contributed by atoms with E-state index in [9.17, 15) is 4.79 Å². The van der Waals surface area contributed by atoms with Gasteiger partial charge in [-0.3, -0.25) is 4.79 Å². The summed E-state index contributed by atoms with van der Waals surface area (Å²) in [5, 5.41) is 6.20. The van der Waals surface area contributed by atoms with E-state index in [1.54, 1.807) is 7.05 Å². The Morgan fingerprint density at radius 3 is 2.74 bits per heavy atom. The monoisotopic (exact) mass is 261 g/mol. The zero-order valence-electron chi connectivity index (χ0n) is 11.8. The number of hydrogen-bond donors (Lipinski definition) is 2. The first-order chi connectivity index (χ1) is 9.17. The molecule has 0 aromatic heterocycles. The molecular formula is C15H23N3O. The summed E-state index contributed by atoms with van der Waals surface area (Å²) in [6.07, 6.45) is 2.93. The third-order valence-electron chi connectivity index (χ3n) is 3.59. The van der Waals surface area contributed by atoms with Gasteiger partial charge >= 0.3 is 0 Å². The van der Waals surface area contributed by atoms with E-state index in [4.69, 9.17) is 0 Å². The second kappa shape index (κ2) is 6.57. The SMILES string of the molecule is CNC(=O)Cc1ccc(NC2CCCN(C)C2)cc1. The summed E-state index contributed by atoms with van der Waals surface area (Å²) < 4.78 is 0. The standard InChI is InChI=1S/C15H23N3O/c1-16-15(19)10-12-5-7-13(8-6-12)17-14-4-3-9-18(2)11-14/h5-8,14,17H,3-4,9-11H2,1-2H3,(H,16,19). The van der Waals surface area contributed by atoms with E-state index in [1.165, 1.54) is 19.4 Å². The third-order valence-corrected chi connectivity index (χ3v) is 3.59. The predicted molar refractivity (Wildman–Crippen MR) is 78.4 cm³/mol. The van der Waals surface area contributed by atoms with Crippen LogP contribution in [-0.2, 0) is 11.2 Å². The first-order valence-electron chi connectivity index (χ1n) is 6.92. The van der Waals surface area contributed by atoms with Crippen LogP contribution in [0.5, 0.6) is 0 Å². The van der Waals surface area contributed by atoms with Crippen LogP contribution in [-0.4, -0.2) is 44.0 Å². The van der Waals surface area contributed by atoms with Gasteiger partial charge in [0.15, 0.2) is 0 Å². The number of piperidine rings is 1. The van der Waals surface area contributed by atoms with Crippen LogP contribution in [0.4, 0.5) is 5.69 Å². The Hall–Kier alpha value is -1.55. The van der Waals surface area contributed by atoms with Crippen LogP contribution in [0.2, 0.25) is 0 Å². The van der Waals surface area contributed by atoms with E-state index >= 15 is 0 Å². The van der Waals surface area contributed by atoms with E-state index in [1.807, 2.05) is 12.1 Å². The van der Waals surface area contributed by atoms with Crippen molar-refractivity contribution < 1.29 is 4.79 Å². The summed E-state index contributed by atoms with van der Waals surface area (Å²) in [6.45, 7) is 2.29. The maximum absolute atomic E-state index is 11.3. The van der Waals surface area contributed by atoms with Crippen molar-refractivity contribution in [3.8, 4) is 0 Å². The minimum absolute atomic E-state index is 0.0506. The highest BCUT2D eigenvalue weighted by molar-refractivity contribution is 5.78. The molecule has 1 amide bonds. The van der Waals surface area contributed by atoms with Gasteiger partial charge in [0.05, 0.1) is 6.42 Å². The van der Waals surface area contributed by atoms with E-state index in [2.05, 4.69) is 34.7 Å². The highest BCUT2D eigenvalue weighted by atomic mass is 16.1. The molecule has 0 spiro atoms. The molecule has 1 aliphatic rings. The number of rotatable bonds is 4. The Morgan fingerprint density at radius 2 is 2.11 bits per heavy atom. The largest absolute Gasteiger partial charge is 0.381 e. The van der Waals surface area contributed by atoms with Crippen molar-refractivity contribution in [2.45, 2.75) is 25.3 Å². The van der Waals surface area contributed by atoms with Crippen LogP contribution in [0.1, 0.15) is 18.4 Å². The van der Waals surface area contributed by atoms with Crippen LogP contribution < -0.4 is 10.6 Å². The minimum atomic E-state index is 0.0506. The zero-order valence-corrected chi connectivity index (χ0v) is 11.8. The van der Waals surface area contributed by atoms with Gasteiger partial charge in [-0.1, -0.05) is 12.1 Å². The van der Waals surface area contributed by atoms with Gasteiger partial charge in [-0.25, -0.2) is 0 Å². The second-order valence-corrected chi connectivity index (χ2v) is 5.29. The minimum Gasteiger partial charge on any atom is -0.381 e. The number of nitrogens with zero attached hydrogens (tertiary/aromatic N) is 1. The van der Waals surface area contributed by atoms with Gasteiger partial charge in [0.1, 0.15) is 0 Å². The van der Waals surface area contributed by atoms with Crippen molar-refractivity contribution in [2.24, 2.45) is 0 Å². The number of carbonyl (C=O) groups excluding carboxylic acids is 1. The fourth-order valence-corrected chi connectivity index (χ4v) is 2.51. The van der Waals surface area contributed by atoms with Crippen LogP contribution in [0.15, 0.2) is 24.3 Å². The van der Waals surface area contributed by atoms with Crippen molar-refractivity contribution >= 4 is 11.6 Å². The molecule has 4 nitrogen and oxygen atoms in total. The molecule has 104 valence electrons. The summed E-state index contributed by atoms with van der Waals surface area (Å²) in [5.74, 6) is 0.0506. The van der Waals surface area contributed by atoms with Crippen molar-refractivity contribution in [2.75, 3.05) is 32.5 Å². The molecule has 0 aliphatic carbocycles. The quantitative estimate of drug-likeness (QED) is 0.863. The lowest BCUT2D eigenvalue weighted by Crippen LogP contribution is -2.39. The van der Waals surface area contributed by atoms with E-state index in [-0.39, 0.29) is 5.91 Å². The summed E-state index contributed by atoms with van der Waals surface area (Å²) in [6, 6.07) is 8.69. The molecule has 1 fully saturated rings. The number of amides is 1. The fraction of sp³-hybridized carbons (Fsp3) is 0.533. The van der Waals surface area contributed by atoms with Gasteiger partial charge in [-0.15, -0.1) is 0 Å². The molecule has 1 aromatic rings. The molecule has 1 atom stereocenters. The number of carbonyl (C=O) groups is 1. The second-order valence-electron chi connectivity index (χ2n) is 5.29. The van der Waals surface area contributed by atoms with Gasteiger partial charge in [-0.05, 0) is 44.1 Å². The molecule has 19 heavy (non-hydrogen) atoms. The maximum Gasteiger partial charge on any atom is 0.224 e. The summed E-state index contributed by atoms with van der Waals surface area (Å²) >= 11 is 0. The lowest BCUT2D eigenvalue weighted by atomic mass is 10.1. The number of likely N-dealkylation sites (N-methyl/N-ethyl adjacent to an activating group) is 2. The molecule has 0 radical (unpaired) electrons. The number of anilines is 1. The summed E-state index contributed by atoms with van der Waals surface area (Å²) in [4.78, 5) is 13.6. The van der Waals surface area contributed by atoms with Crippen molar-refractivity contribution in [1.29, 1.82) is 0 Å². The normalized spacial score (nSPS) is 20.0. The lowest BCUT2D eigenvalue weighted by molar-refractivity contribution is -0.119. The van der Waals surface area contributed by atoms with Gasteiger partial charge in [-0.2, -0.15) is 0 Å². The predicted octanol–water partition coefficient (Wildman–Crippen LogP) is 1.48. The molecule has 1 aliphatic heterocycles. The average molecular weight is 261 g/mol. The Kier molecular flexibility index (Phi) is 4.80. The highest BCUT2D eigenvalue weighted by Crippen LogP contribution is 2.16. The fourth-order valence-electron chi connectivity index (χ4n) is 2.51. The molecule has 0 bridgehead atoms. The first kappa shape index (κ1) is 13.9. The molecular weight excluding hydrogens is 238 g/mol. The van der Waals surface area contributed by atoms with E-state index < -0.39 is 0 Å². The Morgan fingerprint density at radius 1 is 1.37 bits per heavy atom. The number of hydrogen-bond acceptors (Lipinski definition) is 3. The number of likely N-dealkylation sites (tertiary alicyclic amines) is 1. The topological polar surface area (TPSA) is 44.4 Å². The van der Waals surface area contributed by atoms with Crippen molar-refractivity contribution in [1.82, 2.24) is 10.2 Å². The molecule has 0 saturated carbocycles. The van der Waals surface area contributed by atoms with Crippen LogP contribution in [0.3, 0.4) is 0 Å². The van der Waals surface area contributed by atoms with Crippen LogP contribution in [0.25, 0.3) is 0 Å². The molecule has 1 heterocycles. The molecule has 4 heteroatoms. The van der Waals surface area contributed by atoms with Gasteiger partial charge in [0.25, 0.3) is 0 Å². The summed E-state index contributed by atoms with van der Waals surface area (Å²) in [5.41, 5.74) is 2.19. The maximum atomic E-state index is 11.3. The summed E-state index contributed by atoms with van der Waals surface area (Å²) in [7, 11) is 3.83. The Balaban J connectivity index is 1.89. The van der Waals surface area contributed by atoms with Gasteiger partial charge in [0, 0.05) is 25.3 Å². The molecule has 1 saturated heterocycles. The van der Waals surface area contributed by atoms with Crippen LogP contribution in [0, 0.1) is 0 Å². The lowest BCUT2D eigenvalue weighted by Gasteiger charge is -2.30. The zero-order chi connectivity index (χ0) is 13.7. The van der Waals surface area contributed by atoms with Gasteiger partial charge < -0.3 is 15.5 Å². The first-order valence-corrected chi connectivity index (χ1v) is 6.92. The van der Waals surface area contributed by atoms with E-state index in [0.29, 0.717) is 12.5 Å². The average Bonchev–Trinajstić information content (AvgIpc) is 2.41. The third kappa shape index (κ3) is 4.24. The molecule has 2 rings (SSSR count). The van der Waals surface area contributed by atoms with E-state index in [0.717, 1.165) is 17.8 Å². The van der Waals surface area contributed by atoms with Gasteiger partial charge in [0.2, 0.25) is 5.91 Å². The highest BCUT2D eigenvalue weighted by Gasteiger charge is 2.16. The smallest absolute Gasteiger partial charge is 0.224 e. The number of benzene rings is 1. The Labute approximate surface area is 115 Å². The van der Waals surface area contributed by atoms with Crippen LogP contribution >= 0.6 is 0 Å².